The fourth-order valence-corrected chi connectivity index (χ4v) is 3.47. The molecule has 1 aromatic heterocycles. The first kappa shape index (κ1) is 18.3. The van der Waals surface area contributed by atoms with Crippen LogP contribution in [0.5, 0.6) is 0 Å². The number of hydrogen-bond donors (Lipinski definition) is 1. The summed E-state index contributed by atoms with van der Waals surface area (Å²) < 4.78 is 6.65. The van der Waals surface area contributed by atoms with E-state index in [2.05, 4.69) is 15.2 Å². The van der Waals surface area contributed by atoms with Gasteiger partial charge in [0.25, 0.3) is 0 Å². The Morgan fingerprint density at radius 3 is 2.69 bits per heavy atom. The Morgan fingerprint density at radius 2 is 2.08 bits per heavy atom. The highest BCUT2D eigenvalue weighted by Crippen LogP contribution is 2.25. The Bertz CT molecular complexity index is 849. The molecule has 2 amide bonds. The van der Waals surface area contributed by atoms with Crippen LogP contribution in [0.3, 0.4) is 0 Å². The third-order valence-corrected chi connectivity index (χ3v) is 4.78. The number of carbonyl (C=O) groups is 2. The third kappa shape index (κ3) is 3.67. The smallest absolute Gasteiger partial charge is 0.339 e. The molecule has 2 heterocycles. The second-order valence-corrected chi connectivity index (χ2v) is 6.78. The SMILES string of the molecule is COC(=O)c1ccc(NC(=O)N2CC[C@H](n3nc(C)cc3C)C2)cc1Cl. The van der Waals surface area contributed by atoms with Crippen LogP contribution in [0.1, 0.15) is 34.2 Å². The number of urea groups is 1. The lowest BCUT2D eigenvalue weighted by atomic mass is 10.2. The zero-order valence-corrected chi connectivity index (χ0v) is 15.7. The standard InChI is InChI=1S/C18H21ClN4O3/c1-11-8-12(2)23(21-11)14-6-7-22(10-14)18(25)20-13-4-5-15(16(19)9-13)17(24)26-3/h4-5,8-9,14H,6-7,10H2,1-3H3,(H,20,25)/t14-/m0/s1. The molecule has 2 aromatic rings. The number of nitrogens with one attached hydrogen (secondary N) is 1. The molecule has 1 atom stereocenters. The number of hydrogen-bond acceptors (Lipinski definition) is 4. The van der Waals surface area contributed by atoms with Gasteiger partial charge in [0.15, 0.2) is 0 Å². The van der Waals surface area contributed by atoms with Crippen molar-refractivity contribution in [3.63, 3.8) is 0 Å². The van der Waals surface area contributed by atoms with Gasteiger partial charge in [-0.2, -0.15) is 5.10 Å². The molecule has 0 saturated carbocycles. The van der Waals surface area contributed by atoms with Crippen molar-refractivity contribution in [1.82, 2.24) is 14.7 Å². The Kier molecular flexibility index (Phi) is 5.18. The summed E-state index contributed by atoms with van der Waals surface area (Å²) in [6.07, 6.45) is 0.859. The number of likely N-dealkylation sites (tertiary alicyclic amines) is 1. The lowest BCUT2D eigenvalue weighted by Gasteiger charge is -2.18. The van der Waals surface area contributed by atoms with Gasteiger partial charge < -0.3 is 15.0 Å². The predicted molar refractivity (Wildman–Crippen MR) is 98.7 cm³/mol. The van der Waals surface area contributed by atoms with Gasteiger partial charge in [-0.3, -0.25) is 4.68 Å². The number of benzene rings is 1. The maximum absolute atomic E-state index is 12.5. The average Bonchev–Trinajstić information content (AvgIpc) is 3.20. The van der Waals surface area contributed by atoms with Gasteiger partial charge >= 0.3 is 12.0 Å². The minimum atomic E-state index is -0.514. The molecule has 0 aliphatic carbocycles. The molecule has 8 heteroatoms. The van der Waals surface area contributed by atoms with Gasteiger partial charge in [-0.1, -0.05) is 11.6 Å². The summed E-state index contributed by atoms with van der Waals surface area (Å²) in [5.41, 5.74) is 2.87. The van der Waals surface area contributed by atoms with E-state index < -0.39 is 5.97 Å². The first-order valence-electron chi connectivity index (χ1n) is 8.35. The average molecular weight is 377 g/mol. The van der Waals surface area contributed by atoms with Crippen molar-refractivity contribution in [2.24, 2.45) is 0 Å². The van der Waals surface area contributed by atoms with Crippen LogP contribution in [0.4, 0.5) is 10.5 Å². The van der Waals surface area contributed by atoms with Crippen molar-refractivity contribution in [1.29, 1.82) is 0 Å². The second kappa shape index (κ2) is 7.37. The van der Waals surface area contributed by atoms with E-state index in [1.807, 2.05) is 24.6 Å². The molecular weight excluding hydrogens is 356 g/mol. The van der Waals surface area contributed by atoms with E-state index in [0.717, 1.165) is 17.8 Å². The van der Waals surface area contributed by atoms with Gasteiger partial charge in [0.1, 0.15) is 0 Å². The molecule has 3 rings (SSSR count). The van der Waals surface area contributed by atoms with Crippen molar-refractivity contribution in [2.45, 2.75) is 26.3 Å². The number of esters is 1. The van der Waals surface area contributed by atoms with Gasteiger partial charge in [-0.25, -0.2) is 9.59 Å². The number of aryl methyl sites for hydroxylation is 2. The van der Waals surface area contributed by atoms with Crippen LogP contribution >= 0.6 is 11.6 Å². The first-order valence-corrected chi connectivity index (χ1v) is 8.73. The lowest BCUT2D eigenvalue weighted by molar-refractivity contribution is 0.0601. The topological polar surface area (TPSA) is 76.5 Å². The zero-order valence-electron chi connectivity index (χ0n) is 15.0. The number of halogens is 1. The van der Waals surface area contributed by atoms with Crippen molar-refractivity contribution in [3.8, 4) is 0 Å². The highest BCUT2D eigenvalue weighted by molar-refractivity contribution is 6.33. The van der Waals surface area contributed by atoms with Gasteiger partial charge in [-0.15, -0.1) is 0 Å². The number of methoxy groups -OCH3 is 1. The summed E-state index contributed by atoms with van der Waals surface area (Å²) in [4.78, 5) is 25.8. The van der Waals surface area contributed by atoms with Gasteiger partial charge in [0, 0.05) is 24.5 Å². The molecule has 0 unspecified atom stereocenters. The van der Waals surface area contributed by atoms with Crippen LogP contribution in [0.2, 0.25) is 5.02 Å². The van der Waals surface area contributed by atoms with Crippen LogP contribution in [0, 0.1) is 13.8 Å². The van der Waals surface area contributed by atoms with Crippen LogP contribution in [0.25, 0.3) is 0 Å². The van der Waals surface area contributed by atoms with E-state index in [1.165, 1.54) is 13.2 Å². The van der Waals surface area contributed by atoms with Crippen molar-refractivity contribution in [2.75, 3.05) is 25.5 Å². The molecule has 7 nitrogen and oxygen atoms in total. The number of nitrogens with zero attached hydrogens (tertiary/aromatic N) is 3. The van der Waals surface area contributed by atoms with E-state index in [9.17, 15) is 9.59 Å². The van der Waals surface area contributed by atoms with Crippen molar-refractivity contribution in [3.05, 3.63) is 46.2 Å². The van der Waals surface area contributed by atoms with Gasteiger partial charge in [0.05, 0.1) is 29.4 Å². The summed E-state index contributed by atoms with van der Waals surface area (Å²) in [7, 11) is 1.29. The molecule has 1 aliphatic heterocycles. The third-order valence-electron chi connectivity index (χ3n) is 4.47. The fraction of sp³-hybridized carbons (Fsp3) is 0.389. The first-order chi connectivity index (χ1) is 12.4. The second-order valence-electron chi connectivity index (χ2n) is 6.38. The number of rotatable bonds is 3. The normalized spacial score (nSPS) is 16.6. The Labute approximate surface area is 156 Å². The molecular formula is C18H21ClN4O3. The minimum Gasteiger partial charge on any atom is -0.465 e. The quantitative estimate of drug-likeness (QED) is 0.833. The number of carbonyl (C=O) groups excluding carboxylic acids is 2. The Hall–Kier alpha value is -2.54. The Balaban J connectivity index is 1.65. The summed E-state index contributed by atoms with van der Waals surface area (Å²) in [6.45, 7) is 5.24. The highest BCUT2D eigenvalue weighted by Gasteiger charge is 2.29. The van der Waals surface area contributed by atoms with E-state index >= 15 is 0 Å². The number of aromatic nitrogens is 2. The van der Waals surface area contributed by atoms with Crippen LogP contribution in [-0.4, -0.2) is 46.9 Å². The molecule has 1 N–H and O–H groups in total. The molecule has 1 aliphatic rings. The number of anilines is 1. The van der Waals surface area contributed by atoms with Crippen molar-refractivity contribution >= 4 is 29.3 Å². The molecule has 1 fully saturated rings. The number of amides is 2. The predicted octanol–water partition coefficient (Wildman–Crippen LogP) is 3.42. The van der Waals surface area contributed by atoms with E-state index in [-0.39, 0.29) is 22.7 Å². The van der Waals surface area contributed by atoms with Crippen LogP contribution in [0.15, 0.2) is 24.3 Å². The maximum Gasteiger partial charge on any atom is 0.339 e. The van der Waals surface area contributed by atoms with Crippen LogP contribution < -0.4 is 5.32 Å². The molecule has 0 radical (unpaired) electrons. The minimum absolute atomic E-state index is 0.180. The summed E-state index contributed by atoms with van der Waals surface area (Å²) in [6, 6.07) is 6.72. The van der Waals surface area contributed by atoms with E-state index in [4.69, 9.17) is 11.6 Å². The largest absolute Gasteiger partial charge is 0.465 e. The van der Waals surface area contributed by atoms with E-state index in [0.29, 0.717) is 18.8 Å². The molecule has 0 bridgehead atoms. The summed E-state index contributed by atoms with van der Waals surface area (Å²) >= 11 is 6.09. The lowest BCUT2D eigenvalue weighted by Crippen LogP contribution is -2.33. The van der Waals surface area contributed by atoms with Crippen molar-refractivity contribution < 1.29 is 14.3 Å². The van der Waals surface area contributed by atoms with Crippen LogP contribution in [-0.2, 0) is 4.74 Å². The number of ether oxygens (including phenoxy) is 1. The molecule has 26 heavy (non-hydrogen) atoms. The maximum atomic E-state index is 12.5. The summed E-state index contributed by atoms with van der Waals surface area (Å²) in [5.74, 6) is -0.514. The zero-order chi connectivity index (χ0) is 18.8. The molecule has 138 valence electrons. The molecule has 1 saturated heterocycles. The highest BCUT2D eigenvalue weighted by atomic mass is 35.5. The Morgan fingerprint density at radius 1 is 1.31 bits per heavy atom. The fourth-order valence-electron chi connectivity index (χ4n) is 3.21. The molecule has 1 aromatic carbocycles. The van der Waals surface area contributed by atoms with E-state index in [1.54, 1.807) is 17.0 Å². The van der Waals surface area contributed by atoms with Gasteiger partial charge in [0.2, 0.25) is 0 Å². The van der Waals surface area contributed by atoms with Gasteiger partial charge in [-0.05, 0) is 44.5 Å². The summed E-state index contributed by atoms with van der Waals surface area (Å²) in [5, 5.41) is 7.57. The monoisotopic (exact) mass is 376 g/mol. The molecule has 0 spiro atoms.